The molecule has 2 aromatic rings. The predicted molar refractivity (Wildman–Crippen MR) is 94.1 cm³/mol. The lowest BCUT2D eigenvalue weighted by atomic mass is 10.1. The number of hydrogen-bond donors (Lipinski definition) is 1. The van der Waals surface area contributed by atoms with Gasteiger partial charge in [-0.2, -0.15) is 0 Å². The first kappa shape index (κ1) is 17.5. The lowest BCUT2D eigenvalue weighted by Crippen LogP contribution is -2.34. The van der Waals surface area contributed by atoms with Gasteiger partial charge in [0.2, 0.25) is 5.91 Å². The molecular formula is C16H18N2O3S2. The fourth-order valence-corrected chi connectivity index (χ4v) is 3.84. The zero-order valence-corrected chi connectivity index (χ0v) is 14.4. The maximum absolute atomic E-state index is 11.9. The number of nitro groups is 1. The first-order valence-corrected chi connectivity index (χ1v) is 9.10. The number of nitrogens with zero attached hydrogens (tertiary/aromatic N) is 1. The Hall–Kier alpha value is -1.86. The van der Waals surface area contributed by atoms with Crippen molar-refractivity contribution in [3.05, 3.63) is 57.5 Å². The van der Waals surface area contributed by atoms with Gasteiger partial charge in [0.25, 0.3) is 0 Å². The Bertz CT molecular complexity index is 658. The second-order valence-corrected chi connectivity index (χ2v) is 7.04. The summed E-state index contributed by atoms with van der Waals surface area (Å²) in [6.07, 6.45) is 1.77. The van der Waals surface area contributed by atoms with E-state index in [0.29, 0.717) is 4.90 Å². The minimum atomic E-state index is -0.409. The van der Waals surface area contributed by atoms with Gasteiger partial charge in [0.15, 0.2) is 0 Å². The number of carbonyl (C=O) groups is 1. The van der Waals surface area contributed by atoms with E-state index in [1.54, 1.807) is 11.4 Å². The Labute approximate surface area is 143 Å². The van der Waals surface area contributed by atoms with E-state index in [0.717, 1.165) is 24.2 Å². The number of amides is 1. The van der Waals surface area contributed by atoms with Crippen molar-refractivity contribution >= 4 is 34.0 Å². The molecule has 1 heterocycles. The summed E-state index contributed by atoms with van der Waals surface area (Å²) in [4.78, 5) is 22.9. The van der Waals surface area contributed by atoms with Crippen molar-refractivity contribution in [2.45, 2.75) is 30.7 Å². The molecule has 122 valence electrons. The van der Waals surface area contributed by atoms with Crippen molar-refractivity contribution in [1.29, 1.82) is 0 Å². The molecule has 0 saturated heterocycles. The number of aryl methyl sites for hydroxylation is 1. The van der Waals surface area contributed by atoms with Gasteiger partial charge in [0.1, 0.15) is 0 Å². The van der Waals surface area contributed by atoms with E-state index in [-0.39, 0.29) is 22.7 Å². The van der Waals surface area contributed by atoms with Crippen molar-refractivity contribution in [2.75, 3.05) is 5.75 Å². The van der Waals surface area contributed by atoms with Crippen molar-refractivity contribution in [1.82, 2.24) is 5.32 Å². The predicted octanol–water partition coefficient (Wildman–Crippen LogP) is 3.89. The molecular weight excluding hydrogens is 332 g/mol. The summed E-state index contributed by atoms with van der Waals surface area (Å²) in [7, 11) is 0. The minimum absolute atomic E-state index is 0.0702. The van der Waals surface area contributed by atoms with Gasteiger partial charge in [-0.1, -0.05) is 41.7 Å². The van der Waals surface area contributed by atoms with Gasteiger partial charge in [-0.15, -0.1) is 11.8 Å². The molecule has 1 aromatic carbocycles. The van der Waals surface area contributed by atoms with E-state index in [9.17, 15) is 14.9 Å². The van der Waals surface area contributed by atoms with Crippen LogP contribution in [0.15, 0.2) is 46.7 Å². The van der Waals surface area contributed by atoms with Crippen molar-refractivity contribution < 1.29 is 9.72 Å². The van der Waals surface area contributed by atoms with Gasteiger partial charge in [-0.25, -0.2) is 0 Å². The fraction of sp³-hybridized carbons (Fsp3) is 0.312. The number of thioether (sulfide) groups is 1. The Kier molecular flexibility index (Phi) is 6.61. The summed E-state index contributed by atoms with van der Waals surface area (Å²) in [5, 5.41) is 15.5. The standard InChI is InChI=1S/C16H18N2O3S2/c1-12(7-8-13-5-3-2-4-6-13)17-15(19)11-23-14-9-10-22-16(14)18(20)21/h2-6,9-10,12H,7-8,11H2,1H3,(H,17,19)/t12-/m1/s1. The molecule has 1 N–H and O–H groups in total. The van der Waals surface area contributed by atoms with E-state index < -0.39 is 4.92 Å². The number of thiophene rings is 1. The first-order chi connectivity index (χ1) is 11.1. The van der Waals surface area contributed by atoms with Gasteiger partial charge in [-0.3, -0.25) is 14.9 Å². The Morgan fingerprint density at radius 2 is 2.09 bits per heavy atom. The zero-order valence-electron chi connectivity index (χ0n) is 12.7. The van der Waals surface area contributed by atoms with Gasteiger partial charge < -0.3 is 5.32 Å². The maximum atomic E-state index is 11.9. The second-order valence-electron chi connectivity index (χ2n) is 5.13. The van der Waals surface area contributed by atoms with Gasteiger partial charge >= 0.3 is 5.00 Å². The van der Waals surface area contributed by atoms with E-state index in [1.165, 1.54) is 17.3 Å². The van der Waals surface area contributed by atoms with Crippen LogP contribution in [-0.2, 0) is 11.2 Å². The third-order valence-corrected chi connectivity index (χ3v) is 5.29. The van der Waals surface area contributed by atoms with Crippen LogP contribution >= 0.6 is 23.1 Å². The minimum Gasteiger partial charge on any atom is -0.353 e. The van der Waals surface area contributed by atoms with Crippen LogP contribution in [0.2, 0.25) is 0 Å². The molecule has 1 amide bonds. The fourth-order valence-electron chi connectivity index (χ4n) is 2.09. The van der Waals surface area contributed by atoms with Crippen molar-refractivity contribution in [3.63, 3.8) is 0 Å². The molecule has 0 bridgehead atoms. The van der Waals surface area contributed by atoms with E-state index in [2.05, 4.69) is 17.4 Å². The topological polar surface area (TPSA) is 72.2 Å². The molecule has 2 rings (SSSR count). The summed E-state index contributed by atoms with van der Waals surface area (Å²) in [5.74, 6) is 0.0869. The highest BCUT2D eigenvalue weighted by atomic mass is 32.2. The smallest absolute Gasteiger partial charge is 0.337 e. The molecule has 23 heavy (non-hydrogen) atoms. The van der Waals surface area contributed by atoms with Crippen LogP contribution < -0.4 is 5.32 Å². The zero-order chi connectivity index (χ0) is 16.7. The Morgan fingerprint density at radius 3 is 2.78 bits per heavy atom. The number of carbonyl (C=O) groups excluding carboxylic acids is 1. The van der Waals surface area contributed by atoms with Gasteiger partial charge in [0.05, 0.1) is 15.6 Å². The Balaban J connectivity index is 1.73. The van der Waals surface area contributed by atoms with Crippen molar-refractivity contribution in [2.24, 2.45) is 0 Å². The number of nitrogens with one attached hydrogen (secondary N) is 1. The molecule has 0 aliphatic carbocycles. The van der Waals surface area contributed by atoms with Crippen LogP contribution in [0.5, 0.6) is 0 Å². The highest BCUT2D eigenvalue weighted by Gasteiger charge is 2.17. The summed E-state index contributed by atoms with van der Waals surface area (Å²) in [6.45, 7) is 1.97. The molecule has 0 aliphatic rings. The van der Waals surface area contributed by atoms with Gasteiger partial charge in [0, 0.05) is 6.04 Å². The third-order valence-electron chi connectivity index (χ3n) is 3.25. The molecule has 0 radical (unpaired) electrons. The summed E-state index contributed by atoms with van der Waals surface area (Å²) in [6, 6.07) is 11.9. The van der Waals surface area contributed by atoms with Crippen LogP contribution in [-0.4, -0.2) is 22.6 Å². The summed E-state index contributed by atoms with van der Waals surface area (Å²) >= 11 is 2.28. The normalized spacial score (nSPS) is 11.9. The van der Waals surface area contributed by atoms with Crippen molar-refractivity contribution in [3.8, 4) is 0 Å². The lowest BCUT2D eigenvalue weighted by molar-refractivity contribution is -0.382. The first-order valence-electron chi connectivity index (χ1n) is 7.24. The number of rotatable bonds is 8. The lowest BCUT2D eigenvalue weighted by Gasteiger charge is -2.13. The molecule has 0 saturated carbocycles. The SMILES string of the molecule is C[C@H](CCc1ccccc1)NC(=O)CSc1ccsc1[N+](=O)[O-]. The molecule has 0 aliphatic heterocycles. The molecule has 1 atom stereocenters. The monoisotopic (exact) mass is 350 g/mol. The largest absolute Gasteiger partial charge is 0.353 e. The second kappa shape index (κ2) is 8.69. The van der Waals surface area contributed by atoms with Crippen LogP contribution in [0.4, 0.5) is 5.00 Å². The number of hydrogen-bond acceptors (Lipinski definition) is 5. The van der Waals surface area contributed by atoms with Crippen LogP contribution in [0.1, 0.15) is 18.9 Å². The third kappa shape index (κ3) is 5.69. The highest BCUT2D eigenvalue weighted by molar-refractivity contribution is 8.00. The molecule has 7 heteroatoms. The quantitative estimate of drug-likeness (QED) is 0.445. The Morgan fingerprint density at radius 1 is 1.35 bits per heavy atom. The summed E-state index contributed by atoms with van der Waals surface area (Å²) in [5.41, 5.74) is 1.25. The number of benzene rings is 1. The molecule has 0 unspecified atom stereocenters. The van der Waals surface area contributed by atoms with E-state index in [4.69, 9.17) is 0 Å². The average molecular weight is 350 g/mol. The van der Waals surface area contributed by atoms with Crippen LogP contribution in [0.25, 0.3) is 0 Å². The highest BCUT2D eigenvalue weighted by Crippen LogP contribution is 2.33. The maximum Gasteiger partial charge on any atom is 0.337 e. The van der Waals surface area contributed by atoms with E-state index in [1.807, 2.05) is 25.1 Å². The molecule has 0 fully saturated rings. The van der Waals surface area contributed by atoms with Crippen LogP contribution in [0, 0.1) is 10.1 Å². The average Bonchev–Trinajstić information content (AvgIpc) is 3.01. The van der Waals surface area contributed by atoms with Gasteiger partial charge in [-0.05, 0) is 36.8 Å². The molecule has 5 nitrogen and oxygen atoms in total. The summed E-state index contributed by atoms with van der Waals surface area (Å²) < 4.78 is 0. The molecule has 0 spiro atoms. The van der Waals surface area contributed by atoms with E-state index >= 15 is 0 Å². The van der Waals surface area contributed by atoms with Crippen LogP contribution in [0.3, 0.4) is 0 Å². The molecule has 1 aromatic heterocycles.